The van der Waals surface area contributed by atoms with Crippen molar-refractivity contribution in [3.05, 3.63) is 15.5 Å². The van der Waals surface area contributed by atoms with Crippen molar-refractivity contribution in [2.45, 2.75) is 19.6 Å². The van der Waals surface area contributed by atoms with Crippen LogP contribution in [0.1, 0.15) is 5.69 Å². The van der Waals surface area contributed by atoms with Gasteiger partial charge in [0.15, 0.2) is 0 Å². The van der Waals surface area contributed by atoms with Crippen molar-refractivity contribution in [2.24, 2.45) is 0 Å². The van der Waals surface area contributed by atoms with Crippen LogP contribution < -0.4 is 0 Å². The molecule has 0 saturated heterocycles. The predicted octanol–water partition coefficient (Wildman–Crippen LogP) is 0.149. The van der Waals surface area contributed by atoms with Crippen LogP contribution in [0, 0.1) is 10.5 Å². The molecule has 2 N–H and O–H groups in total. The molecule has 0 aliphatic carbocycles. The third-order valence-corrected chi connectivity index (χ3v) is 2.70. The Morgan fingerprint density at radius 1 is 1.75 bits per heavy atom. The molecule has 68 valence electrons. The summed E-state index contributed by atoms with van der Waals surface area (Å²) in [7, 11) is 0. The van der Waals surface area contributed by atoms with E-state index in [1.54, 1.807) is 10.9 Å². The first-order chi connectivity index (χ1) is 5.65. The highest BCUT2D eigenvalue weighted by molar-refractivity contribution is 14.1. The standard InChI is InChI=1S/C7H11IN2O2/c1-5-7(8)2-9-10(5)3-6(12)4-11/h2,6,11-12H,3-4H2,1H3/t6-/m0/s1. The van der Waals surface area contributed by atoms with Crippen molar-refractivity contribution < 1.29 is 10.2 Å². The highest BCUT2D eigenvalue weighted by Gasteiger charge is 2.07. The molecule has 0 radical (unpaired) electrons. The molecule has 1 aromatic rings. The van der Waals surface area contributed by atoms with Crippen LogP contribution in [0.2, 0.25) is 0 Å². The van der Waals surface area contributed by atoms with E-state index in [1.807, 2.05) is 6.92 Å². The average molecular weight is 282 g/mol. The summed E-state index contributed by atoms with van der Waals surface area (Å²) < 4.78 is 2.75. The Balaban J connectivity index is 2.69. The lowest BCUT2D eigenvalue weighted by Crippen LogP contribution is -2.21. The van der Waals surface area contributed by atoms with Crippen LogP contribution in [0.5, 0.6) is 0 Å². The largest absolute Gasteiger partial charge is 0.394 e. The summed E-state index contributed by atoms with van der Waals surface area (Å²) in [5.41, 5.74) is 1.02. The number of aliphatic hydroxyl groups is 2. The predicted molar refractivity (Wildman–Crippen MR) is 52.8 cm³/mol. The molecule has 0 aliphatic rings. The minimum atomic E-state index is -0.723. The van der Waals surface area contributed by atoms with Gasteiger partial charge in [0, 0.05) is 5.69 Å². The zero-order valence-corrected chi connectivity index (χ0v) is 8.89. The second kappa shape index (κ2) is 4.20. The Kier molecular flexibility index (Phi) is 3.48. The molecular formula is C7H11IN2O2. The maximum Gasteiger partial charge on any atom is 0.0966 e. The van der Waals surface area contributed by atoms with E-state index in [4.69, 9.17) is 10.2 Å². The van der Waals surface area contributed by atoms with Gasteiger partial charge in [0.2, 0.25) is 0 Å². The van der Waals surface area contributed by atoms with Crippen LogP contribution in [0.3, 0.4) is 0 Å². The van der Waals surface area contributed by atoms with Crippen LogP contribution in [-0.4, -0.2) is 32.7 Å². The normalized spacial score (nSPS) is 13.3. The fourth-order valence-electron chi connectivity index (χ4n) is 0.865. The topological polar surface area (TPSA) is 58.3 Å². The number of aromatic nitrogens is 2. The Morgan fingerprint density at radius 3 is 2.83 bits per heavy atom. The van der Waals surface area contributed by atoms with Crippen molar-refractivity contribution in [1.82, 2.24) is 9.78 Å². The van der Waals surface area contributed by atoms with Crippen LogP contribution >= 0.6 is 22.6 Å². The van der Waals surface area contributed by atoms with Gasteiger partial charge in [0.25, 0.3) is 0 Å². The molecule has 0 bridgehead atoms. The summed E-state index contributed by atoms with van der Waals surface area (Å²) in [6.45, 7) is 2.06. The Bertz CT molecular complexity index is 262. The molecular weight excluding hydrogens is 271 g/mol. The second-order valence-corrected chi connectivity index (χ2v) is 3.76. The summed E-state index contributed by atoms with van der Waals surface area (Å²) in [5.74, 6) is 0. The number of aliphatic hydroxyl groups excluding tert-OH is 2. The second-order valence-electron chi connectivity index (χ2n) is 2.60. The lowest BCUT2D eigenvalue weighted by Gasteiger charge is -2.08. The van der Waals surface area contributed by atoms with Crippen LogP contribution in [0.25, 0.3) is 0 Å². The molecule has 4 nitrogen and oxygen atoms in total. The van der Waals surface area contributed by atoms with E-state index >= 15 is 0 Å². The van der Waals surface area contributed by atoms with Gasteiger partial charge >= 0.3 is 0 Å². The first kappa shape index (κ1) is 9.94. The molecule has 1 atom stereocenters. The summed E-state index contributed by atoms with van der Waals surface area (Å²) in [5, 5.41) is 21.8. The zero-order chi connectivity index (χ0) is 9.14. The molecule has 5 heteroatoms. The smallest absolute Gasteiger partial charge is 0.0966 e. The zero-order valence-electron chi connectivity index (χ0n) is 6.74. The maximum absolute atomic E-state index is 9.13. The summed E-state index contributed by atoms with van der Waals surface area (Å²) in [4.78, 5) is 0. The molecule has 0 fully saturated rings. The van der Waals surface area contributed by atoms with Crippen molar-refractivity contribution in [3.63, 3.8) is 0 Å². The van der Waals surface area contributed by atoms with Crippen molar-refractivity contribution in [2.75, 3.05) is 6.61 Å². The van der Waals surface area contributed by atoms with E-state index in [9.17, 15) is 0 Å². The van der Waals surface area contributed by atoms with Gasteiger partial charge in [0.1, 0.15) is 0 Å². The molecule has 0 spiro atoms. The van der Waals surface area contributed by atoms with Gasteiger partial charge in [-0.25, -0.2) is 0 Å². The average Bonchev–Trinajstić information content (AvgIpc) is 2.36. The van der Waals surface area contributed by atoms with Crippen molar-refractivity contribution in [1.29, 1.82) is 0 Å². The number of hydrogen-bond donors (Lipinski definition) is 2. The van der Waals surface area contributed by atoms with Gasteiger partial charge < -0.3 is 10.2 Å². The van der Waals surface area contributed by atoms with Gasteiger partial charge in [-0.15, -0.1) is 0 Å². The van der Waals surface area contributed by atoms with Gasteiger partial charge in [-0.2, -0.15) is 5.10 Å². The summed E-state index contributed by atoms with van der Waals surface area (Å²) in [6, 6.07) is 0. The number of nitrogens with zero attached hydrogens (tertiary/aromatic N) is 2. The molecule has 0 saturated carbocycles. The van der Waals surface area contributed by atoms with Gasteiger partial charge in [-0.1, -0.05) is 0 Å². The lowest BCUT2D eigenvalue weighted by molar-refractivity contribution is 0.0777. The van der Waals surface area contributed by atoms with E-state index in [1.165, 1.54) is 0 Å². The molecule has 1 rings (SSSR count). The molecule has 1 heterocycles. The van der Waals surface area contributed by atoms with Gasteiger partial charge in [-0.05, 0) is 29.5 Å². The Labute approximate surface area is 84.3 Å². The van der Waals surface area contributed by atoms with Crippen molar-refractivity contribution in [3.8, 4) is 0 Å². The first-order valence-corrected chi connectivity index (χ1v) is 4.70. The van der Waals surface area contributed by atoms with Crippen LogP contribution in [-0.2, 0) is 6.54 Å². The number of hydrogen-bond acceptors (Lipinski definition) is 3. The quantitative estimate of drug-likeness (QED) is 0.776. The Hall–Kier alpha value is -0.140. The lowest BCUT2D eigenvalue weighted by atomic mass is 10.4. The van der Waals surface area contributed by atoms with Crippen LogP contribution in [0.15, 0.2) is 6.20 Å². The minimum absolute atomic E-state index is 0.226. The molecule has 0 unspecified atom stereocenters. The van der Waals surface area contributed by atoms with E-state index in [0.29, 0.717) is 6.54 Å². The highest BCUT2D eigenvalue weighted by atomic mass is 127. The van der Waals surface area contributed by atoms with E-state index < -0.39 is 6.10 Å². The SMILES string of the molecule is Cc1c(I)cnn1C[C@H](O)CO. The van der Waals surface area contributed by atoms with E-state index in [0.717, 1.165) is 9.26 Å². The fourth-order valence-corrected chi connectivity index (χ4v) is 1.27. The van der Waals surface area contributed by atoms with Gasteiger partial charge in [-0.3, -0.25) is 4.68 Å². The van der Waals surface area contributed by atoms with E-state index in [2.05, 4.69) is 27.7 Å². The summed E-state index contributed by atoms with van der Waals surface area (Å²) in [6.07, 6.45) is 1.01. The third-order valence-electron chi connectivity index (χ3n) is 1.64. The third kappa shape index (κ3) is 2.18. The molecule has 12 heavy (non-hydrogen) atoms. The van der Waals surface area contributed by atoms with Gasteiger partial charge in [0.05, 0.1) is 29.0 Å². The molecule has 0 amide bonds. The first-order valence-electron chi connectivity index (χ1n) is 3.62. The number of halogens is 1. The van der Waals surface area contributed by atoms with Crippen LogP contribution in [0.4, 0.5) is 0 Å². The molecule has 1 aromatic heterocycles. The van der Waals surface area contributed by atoms with E-state index in [-0.39, 0.29) is 6.61 Å². The minimum Gasteiger partial charge on any atom is -0.394 e. The monoisotopic (exact) mass is 282 g/mol. The highest BCUT2D eigenvalue weighted by Crippen LogP contribution is 2.09. The molecule has 0 aromatic carbocycles. The summed E-state index contributed by atoms with van der Waals surface area (Å²) >= 11 is 2.18. The molecule has 0 aliphatic heterocycles. The maximum atomic E-state index is 9.13. The fraction of sp³-hybridized carbons (Fsp3) is 0.571. The van der Waals surface area contributed by atoms with Crippen molar-refractivity contribution >= 4 is 22.6 Å². The Morgan fingerprint density at radius 2 is 2.42 bits per heavy atom. The number of rotatable bonds is 3.